The Kier molecular flexibility index (Phi) is 6.85. The zero-order valence-corrected chi connectivity index (χ0v) is 27.7. The number of phenols is 1. The van der Waals surface area contributed by atoms with E-state index in [1.54, 1.807) is 36.4 Å². The number of ketones is 2. The molecule has 42 heavy (non-hydrogen) atoms. The first-order chi connectivity index (χ1) is 19.5. The monoisotopic (exact) mass is 572 g/mol. The molecular formula is C39H56O3. The number of phenolic OH excluding ortho intramolecular Hbond substituents is 1. The molecule has 0 bridgehead atoms. The summed E-state index contributed by atoms with van der Waals surface area (Å²) in [6.45, 7) is 19.7. The molecule has 9 atom stereocenters. The Morgan fingerprint density at radius 2 is 1.43 bits per heavy atom. The summed E-state index contributed by atoms with van der Waals surface area (Å²) in [6, 6.07) is 6.87. The lowest BCUT2D eigenvalue weighted by molar-refractivity contribution is -0.243. The molecule has 0 amide bonds. The Balaban J connectivity index is 1.33. The fourth-order valence-electron chi connectivity index (χ4n) is 12.4. The van der Waals surface area contributed by atoms with E-state index >= 15 is 0 Å². The molecule has 230 valence electrons. The molecule has 2 unspecified atom stereocenters. The number of allylic oxidation sites excluding steroid dienone is 1. The number of benzene rings is 1. The minimum Gasteiger partial charge on any atom is -0.508 e. The van der Waals surface area contributed by atoms with Crippen LogP contribution in [0.2, 0.25) is 0 Å². The summed E-state index contributed by atoms with van der Waals surface area (Å²) in [5.74, 6) is 2.18. The number of hydrogen-bond acceptors (Lipinski definition) is 3. The topological polar surface area (TPSA) is 54.4 Å². The predicted octanol–water partition coefficient (Wildman–Crippen LogP) is 9.67. The minimum absolute atomic E-state index is 0.0301. The molecule has 5 aliphatic carbocycles. The van der Waals surface area contributed by atoms with Crippen LogP contribution < -0.4 is 0 Å². The number of fused-ring (bicyclic) bond motifs is 7. The van der Waals surface area contributed by atoms with Crippen molar-refractivity contribution in [2.24, 2.45) is 62.1 Å². The van der Waals surface area contributed by atoms with Crippen LogP contribution in [-0.4, -0.2) is 16.7 Å². The van der Waals surface area contributed by atoms with E-state index in [1.165, 1.54) is 51.4 Å². The van der Waals surface area contributed by atoms with E-state index in [1.807, 2.05) is 0 Å². The Morgan fingerprint density at radius 3 is 2.12 bits per heavy atom. The van der Waals surface area contributed by atoms with Crippen molar-refractivity contribution in [1.29, 1.82) is 0 Å². The minimum atomic E-state index is -0.573. The second-order valence-electron chi connectivity index (χ2n) is 18.0. The second-order valence-corrected chi connectivity index (χ2v) is 18.0. The van der Waals surface area contributed by atoms with Crippen LogP contribution in [0.25, 0.3) is 6.08 Å². The van der Waals surface area contributed by atoms with Crippen LogP contribution in [0.15, 0.2) is 30.3 Å². The average Bonchev–Trinajstić information content (AvgIpc) is 2.91. The highest BCUT2D eigenvalue weighted by atomic mass is 16.3. The van der Waals surface area contributed by atoms with Gasteiger partial charge in [-0.3, -0.25) is 9.59 Å². The lowest BCUT2D eigenvalue weighted by Crippen LogP contribution is -2.67. The molecule has 6 rings (SSSR count). The number of rotatable bonds is 3. The van der Waals surface area contributed by atoms with Crippen molar-refractivity contribution >= 4 is 17.6 Å². The largest absolute Gasteiger partial charge is 0.508 e. The molecule has 1 aromatic carbocycles. The molecule has 0 spiro atoms. The number of Topliss-reactive ketones (excluding diaryl/α,β-unsaturated/α-hetero) is 1. The van der Waals surface area contributed by atoms with E-state index < -0.39 is 11.3 Å². The fourth-order valence-corrected chi connectivity index (χ4v) is 12.4. The van der Waals surface area contributed by atoms with E-state index in [0.29, 0.717) is 34.5 Å². The van der Waals surface area contributed by atoms with Crippen LogP contribution in [0.1, 0.15) is 125 Å². The van der Waals surface area contributed by atoms with Crippen LogP contribution in [-0.2, 0) is 9.59 Å². The van der Waals surface area contributed by atoms with Crippen LogP contribution in [0, 0.1) is 62.1 Å². The highest BCUT2D eigenvalue weighted by Gasteiger charge is 2.70. The van der Waals surface area contributed by atoms with Crippen molar-refractivity contribution in [1.82, 2.24) is 0 Å². The Morgan fingerprint density at radius 1 is 0.762 bits per heavy atom. The van der Waals surface area contributed by atoms with Crippen molar-refractivity contribution in [2.75, 3.05) is 0 Å². The van der Waals surface area contributed by atoms with Gasteiger partial charge in [-0.25, -0.2) is 0 Å². The molecule has 3 nitrogen and oxygen atoms in total. The van der Waals surface area contributed by atoms with Gasteiger partial charge < -0.3 is 5.11 Å². The third-order valence-corrected chi connectivity index (χ3v) is 15.1. The lowest BCUT2D eigenvalue weighted by Gasteiger charge is -2.73. The van der Waals surface area contributed by atoms with Crippen LogP contribution in [0.3, 0.4) is 0 Å². The number of aromatic hydroxyl groups is 1. The van der Waals surface area contributed by atoms with Gasteiger partial charge in [0.25, 0.3) is 0 Å². The molecule has 5 fully saturated rings. The summed E-state index contributed by atoms with van der Waals surface area (Å²) < 4.78 is 0. The first-order valence-electron chi connectivity index (χ1n) is 17.0. The maximum Gasteiger partial charge on any atom is 0.166 e. The van der Waals surface area contributed by atoms with E-state index in [0.717, 1.165) is 23.8 Å². The molecule has 3 heteroatoms. The second kappa shape index (κ2) is 9.55. The molecule has 0 radical (unpaired) electrons. The van der Waals surface area contributed by atoms with E-state index in [4.69, 9.17) is 0 Å². The third kappa shape index (κ3) is 4.25. The number of carbonyl (C=O) groups excluding carboxylic acids is 2. The van der Waals surface area contributed by atoms with E-state index in [2.05, 4.69) is 55.4 Å². The van der Waals surface area contributed by atoms with Crippen molar-refractivity contribution in [3.05, 3.63) is 35.9 Å². The lowest BCUT2D eigenvalue weighted by atomic mass is 9.31. The van der Waals surface area contributed by atoms with Gasteiger partial charge in [0, 0.05) is 5.41 Å². The Hall–Kier alpha value is -1.90. The molecule has 1 N–H and O–H groups in total. The zero-order valence-electron chi connectivity index (χ0n) is 27.7. The van der Waals surface area contributed by atoms with Crippen molar-refractivity contribution in [3.8, 4) is 5.75 Å². The molecule has 0 heterocycles. The van der Waals surface area contributed by atoms with Gasteiger partial charge in [0.1, 0.15) is 11.5 Å². The Bertz CT molecular complexity index is 1290. The number of hydrogen-bond donors (Lipinski definition) is 1. The van der Waals surface area contributed by atoms with Gasteiger partial charge in [-0.2, -0.15) is 0 Å². The molecule has 0 saturated heterocycles. The quantitative estimate of drug-likeness (QED) is 0.290. The average molecular weight is 573 g/mol. The van der Waals surface area contributed by atoms with Gasteiger partial charge >= 0.3 is 0 Å². The standard InChI is InChI=1S/C39H56O3/c1-34(2)19-20-36(5)21-22-38(7)28(29(36)24-34)14-16-32-37(6)23-27(30(41)15-11-25-9-12-26(40)13-10-25)33(42)35(3,4)31(37)17-18-39(32,38)8/h9-13,15,27-29,31-32,40H,14,16-24H2,1-8H3/t27?,28-,29-,31?,32-,36-,37+,38-,39-/m1/s1. The third-order valence-electron chi connectivity index (χ3n) is 15.1. The SMILES string of the molecule is CC1(C)CC[C@]2(C)CC[C@]3(C)[C@H](CC[C@@H]4[C@@]5(C)CC(C(=O)C=Cc6ccc(O)cc6)C(=O)C(C)(C)C5CC[C@]43C)[C@H]2C1. The summed E-state index contributed by atoms with van der Waals surface area (Å²) in [6.07, 6.45) is 15.8. The van der Waals surface area contributed by atoms with Gasteiger partial charge in [0.15, 0.2) is 5.78 Å². The van der Waals surface area contributed by atoms with Crippen molar-refractivity contribution in [3.63, 3.8) is 0 Å². The summed E-state index contributed by atoms with van der Waals surface area (Å²) in [4.78, 5) is 27.8. The predicted molar refractivity (Wildman–Crippen MR) is 171 cm³/mol. The maximum absolute atomic E-state index is 14.0. The van der Waals surface area contributed by atoms with Crippen molar-refractivity contribution in [2.45, 2.75) is 120 Å². The summed E-state index contributed by atoms with van der Waals surface area (Å²) >= 11 is 0. The van der Waals surface area contributed by atoms with Gasteiger partial charge in [0.2, 0.25) is 0 Å². The van der Waals surface area contributed by atoms with Gasteiger partial charge in [-0.1, -0.05) is 73.6 Å². The molecule has 5 saturated carbocycles. The van der Waals surface area contributed by atoms with Gasteiger partial charge in [0.05, 0.1) is 5.92 Å². The summed E-state index contributed by atoms with van der Waals surface area (Å²) in [5, 5.41) is 9.63. The zero-order chi connectivity index (χ0) is 30.5. The molecule has 5 aliphatic rings. The maximum atomic E-state index is 14.0. The van der Waals surface area contributed by atoms with Crippen LogP contribution in [0.5, 0.6) is 5.75 Å². The molecule has 1 aromatic rings. The normalized spacial score (nSPS) is 45.8. The summed E-state index contributed by atoms with van der Waals surface area (Å²) in [7, 11) is 0. The first kappa shape index (κ1) is 30.1. The molecule has 0 aliphatic heterocycles. The van der Waals surface area contributed by atoms with Gasteiger partial charge in [-0.15, -0.1) is 0 Å². The first-order valence-corrected chi connectivity index (χ1v) is 17.0. The highest BCUT2D eigenvalue weighted by Crippen LogP contribution is 2.77. The molecular weight excluding hydrogens is 516 g/mol. The van der Waals surface area contributed by atoms with E-state index in [-0.39, 0.29) is 28.1 Å². The fraction of sp³-hybridized carbons (Fsp3) is 0.744. The van der Waals surface area contributed by atoms with E-state index in [9.17, 15) is 14.7 Å². The van der Waals surface area contributed by atoms with Crippen molar-refractivity contribution < 1.29 is 14.7 Å². The molecule has 0 aromatic heterocycles. The van der Waals surface area contributed by atoms with Crippen LogP contribution >= 0.6 is 0 Å². The smallest absolute Gasteiger partial charge is 0.166 e. The number of carbonyl (C=O) groups is 2. The van der Waals surface area contributed by atoms with Crippen LogP contribution in [0.4, 0.5) is 0 Å². The summed E-state index contributed by atoms with van der Waals surface area (Å²) in [5.41, 5.74) is 1.80. The van der Waals surface area contributed by atoms with Gasteiger partial charge in [-0.05, 0) is 139 Å². The highest BCUT2D eigenvalue weighted by molar-refractivity contribution is 6.11. The Labute approximate surface area is 255 Å².